The predicted octanol–water partition coefficient (Wildman–Crippen LogP) is 0.0127. The maximum atomic E-state index is 11.4. The van der Waals surface area contributed by atoms with E-state index in [1.165, 1.54) is 11.1 Å². The molecule has 0 amide bonds. The van der Waals surface area contributed by atoms with E-state index in [9.17, 15) is 25.2 Å². The molecule has 0 radical (unpaired) electrons. The Bertz CT molecular complexity index is 1020. The zero-order valence-electron chi connectivity index (χ0n) is 17.3. The molecule has 5 rings (SSSR count). The van der Waals surface area contributed by atoms with E-state index < -0.39 is 36.7 Å². The average molecular weight is 442 g/mol. The number of carboxylic acids is 1. The molecule has 0 bridgehead atoms. The van der Waals surface area contributed by atoms with Crippen LogP contribution in [0, 0.1) is 0 Å². The van der Waals surface area contributed by atoms with Crippen molar-refractivity contribution in [3.05, 3.63) is 59.2 Å². The monoisotopic (exact) mass is 442 g/mol. The van der Waals surface area contributed by atoms with Crippen molar-refractivity contribution in [2.24, 2.45) is 0 Å². The zero-order chi connectivity index (χ0) is 22.4. The highest BCUT2D eigenvalue weighted by atomic mass is 16.7. The second-order valence-electron chi connectivity index (χ2n) is 8.43. The number of aliphatic carboxylic acids is 1. The summed E-state index contributed by atoms with van der Waals surface area (Å²) in [5.74, 6) is -1.06. The van der Waals surface area contributed by atoms with E-state index in [4.69, 9.17) is 9.47 Å². The van der Waals surface area contributed by atoms with Gasteiger partial charge in [0.25, 0.3) is 0 Å². The summed E-state index contributed by atoms with van der Waals surface area (Å²) >= 11 is 0. The van der Waals surface area contributed by atoms with Crippen molar-refractivity contribution in [1.82, 2.24) is 5.32 Å². The Labute approximate surface area is 184 Å². The first-order chi connectivity index (χ1) is 15.4. The Kier molecular flexibility index (Phi) is 5.52. The van der Waals surface area contributed by atoms with Crippen LogP contribution in [0.5, 0.6) is 5.75 Å². The smallest absolute Gasteiger partial charge is 0.335 e. The van der Waals surface area contributed by atoms with Crippen LogP contribution in [0.4, 0.5) is 5.69 Å². The van der Waals surface area contributed by atoms with Gasteiger partial charge in [0.2, 0.25) is 6.29 Å². The summed E-state index contributed by atoms with van der Waals surface area (Å²) in [4.78, 5) is 13.7. The van der Waals surface area contributed by atoms with Crippen LogP contribution in [-0.2, 0) is 16.0 Å². The fraction of sp³-hybridized carbons (Fsp3) is 0.435. The van der Waals surface area contributed by atoms with Crippen LogP contribution in [0.3, 0.4) is 0 Å². The van der Waals surface area contributed by atoms with E-state index in [0.29, 0.717) is 12.2 Å². The maximum Gasteiger partial charge on any atom is 0.335 e. The van der Waals surface area contributed by atoms with E-state index in [1.54, 1.807) is 6.07 Å². The molecule has 2 saturated heterocycles. The number of nitrogens with one attached hydrogen (secondary N) is 1. The highest BCUT2D eigenvalue weighted by molar-refractivity contribution is 5.73. The fourth-order valence-electron chi connectivity index (χ4n) is 4.84. The lowest BCUT2D eigenvalue weighted by atomic mass is 9.96. The van der Waals surface area contributed by atoms with E-state index in [0.717, 1.165) is 30.9 Å². The average Bonchev–Trinajstić information content (AvgIpc) is 2.93. The third kappa shape index (κ3) is 3.62. The SMILES string of the molecule is O=C(O)[C@H]1O[C@@H](Oc2ccc3c(c2)Cc2ccccc2C2CNCCN32)[C@H](O)[C@@H](O)[C@@H]1O. The minimum atomic E-state index is -1.75. The number of aliphatic hydroxyl groups excluding tert-OH is 3. The molecule has 2 aromatic rings. The topological polar surface area (TPSA) is 132 Å². The second-order valence-corrected chi connectivity index (χ2v) is 8.43. The molecule has 1 unspecified atom stereocenters. The summed E-state index contributed by atoms with van der Waals surface area (Å²) in [5.41, 5.74) is 4.65. The molecule has 32 heavy (non-hydrogen) atoms. The van der Waals surface area contributed by atoms with E-state index in [2.05, 4.69) is 28.4 Å². The van der Waals surface area contributed by atoms with Crippen molar-refractivity contribution in [2.75, 3.05) is 24.5 Å². The first kappa shape index (κ1) is 21.2. The number of nitrogens with zero attached hydrogens (tertiary/aromatic N) is 1. The Morgan fingerprint density at radius 1 is 1.06 bits per heavy atom. The molecule has 3 aliphatic heterocycles. The normalized spacial score (nSPS) is 31.7. The van der Waals surface area contributed by atoms with Gasteiger partial charge in [0.1, 0.15) is 24.1 Å². The highest BCUT2D eigenvalue weighted by Crippen LogP contribution is 2.39. The number of anilines is 1. The third-order valence-electron chi connectivity index (χ3n) is 6.46. The number of aliphatic hydroxyl groups is 3. The minimum Gasteiger partial charge on any atom is -0.479 e. The van der Waals surface area contributed by atoms with Gasteiger partial charge in [-0.1, -0.05) is 24.3 Å². The Morgan fingerprint density at radius 2 is 1.88 bits per heavy atom. The van der Waals surface area contributed by atoms with E-state index in [1.807, 2.05) is 18.2 Å². The number of carboxylic acid groups (broad SMARTS) is 1. The molecule has 9 nitrogen and oxygen atoms in total. The van der Waals surface area contributed by atoms with Gasteiger partial charge in [0.05, 0.1) is 6.04 Å². The van der Waals surface area contributed by atoms with Gasteiger partial charge in [-0.25, -0.2) is 4.79 Å². The van der Waals surface area contributed by atoms with Gasteiger partial charge in [-0.3, -0.25) is 0 Å². The summed E-state index contributed by atoms with van der Waals surface area (Å²) in [6.07, 6.45) is -7.49. The molecule has 0 aliphatic carbocycles. The van der Waals surface area contributed by atoms with E-state index >= 15 is 0 Å². The molecule has 0 saturated carbocycles. The first-order valence-electron chi connectivity index (χ1n) is 10.7. The van der Waals surface area contributed by atoms with Crippen LogP contribution in [0.1, 0.15) is 22.7 Å². The number of rotatable bonds is 3. The molecule has 3 heterocycles. The van der Waals surface area contributed by atoms with Gasteiger partial charge < -0.3 is 40.1 Å². The lowest BCUT2D eigenvalue weighted by Crippen LogP contribution is -2.61. The number of fused-ring (bicyclic) bond motifs is 5. The van der Waals surface area contributed by atoms with Crippen LogP contribution >= 0.6 is 0 Å². The molecule has 9 heteroatoms. The number of piperazine rings is 1. The number of benzene rings is 2. The Hall–Kier alpha value is -2.69. The van der Waals surface area contributed by atoms with Gasteiger partial charge in [0, 0.05) is 25.3 Å². The molecule has 3 aliphatic rings. The summed E-state index contributed by atoms with van der Waals surface area (Å²) < 4.78 is 11.0. The fourth-order valence-corrected chi connectivity index (χ4v) is 4.84. The standard InChI is InChI=1S/C23H26N2O7/c26-18-19(27)21(22(29)30)32-23(20(18)28)31-14-5-6-16-13(10-14)9-12-3-1-2-4-15(12)17-11-24-7-8-25(16)17/h1-6,10,17-21,23-24,26-28H,7-9,11H2,(H,29,30)/t17?,18-,19-,20+,21-,23+/m0/s1. The third-order valence-corrected chi connectivity index (χ3v) is 6.46. The van der Waals surface area contributed by atoms with E-state index in [-0.39, 0.29) is 6.04 Å². The molecule has 0 spiro atoms. The Morgan fingerprint density at radius 3 is 2.69 bits per heavy atom. The Balaban J connectivity index is 1.45. The molecular formula is C23H26N2O7. The number of ether oxygens (including phenoxy) is 2. The van der Waals surface area contributed by atoms with Crippen molar-refractivity contribution in [3.8, 4) is 5.75 Å². The molecule has 170 valence electrons. The molecule has 6 atom stereocenters. The van der Waals surface area contributed by atoms with Crippen molar-refractivity contribution in [1.29, 1.82) is 0 Å². The van der Waals surface area contributed by atoms with Gasteiger partial charge in [-0.2, -0.15) is 0 Å². The van der Waals surface area contributed by atoms with Crippen LogP contribution in [0.2, 0.25) is 0 Å². The summed E-state index contributed by atoms with van der Waals surface area (Å²) in [7, 11) is 0. The molecule has 0 aromatic heterocycles. The van der Waals surface area contributed by atoms with Gasteiger partial charge >= 0.3 is 5.97 Å². The van der Waals surface area contributed by atoms with Crippen molar-refractivity contribution < 1.29 is 34.7 Å². The summed E-state index contributed by atoms with van der Waals surface area (Å²) in [6, 6.07) is 14.2. The second kappa shape index (κ2) is 8.34. The van der Waals surface area contributed by atoms with Gasteiger partial charge in [0.15, 0.2) is 6.10 Å². The van der Waals surface area contributed by atoms with Crippen molar-refractivity contribution >= 4 is 11.7 Å². The number of hydrogen-bond acceptors (Lipinski definition) is 8. The van der Waals surface area contributed by atoms with Crippen molar-refractivity contribution in [2.45, 2.75) is 43.2 Å². The highest BCUT2D eigenvalue weighted by Gasteiger charge is 2.48. The van der Waals surface area contributed by atoms with Crippen molar-refractivity contribution in [3.63, 3.8) is 0 Å². The van der Waals surface area contributed by atoms with Crippen LogP contribution in [0.25, 0.3) is 0 Å². The number of carbonyl (C=O) groups is 1. The zero-order valence-corrected chi connectivity index (χ0v) is 17.3. The summed E-state index contributed by atoms with van der Waals surface area (Å²) in [6.45, 7) is 2.60. The molecule has 2 aromatic carbocycles. The maximum absolute atomic E-state index is 11.4. The minimum absolute atomic E-state index is 0.226. The molecular weight excluding hydrogens is 416 g/mol. The lowest BCUT2D eigenvalue weighted by molar-refractivity contribution is -0.271. The van der Waals surface area contributed by atoms with Gasteiger partial charge in [-0.15, -0.1) is 0 Å². The lowest BCUT2D eigenvalue weighted by Gasteiger charge is -2.39. The molecule has 2 fully saturated rings. The van der Waals surface area contributed by atoms with Crippen LogP contribution in [0.15, 0.2) is 42.5 Å². The molecule has 5 N–H and O–H groups in total. The predicted molar refractivity (Wildman–Crippen MR) is 114 cm³/mol. The van der Waals surface area contributed by atoms with Crippen LogP contribution < -0.4 is 15.0 Å². The first-order valence-corrected chi connectivity index (χ1v) is 10.7. The quantitative estimate of drug-likeness (QED) is 0.446. The largest absolute Gasteiger partial charge is 0.479 e. The van der Waals surface area contributed by atoms with Crippen LogP contribution in [-0.4, -0.2) is 76.7 Å². The van der Waals surface area contributed by atoms with Gasteiger partial charge in [-0.05, 0) is 41.3 Å². The number of hydrogen-bond donors (Lipinski definition) is 5. The summed E-state index contributed by atoms with van der Waals surface area (Å²) in [5, 5.41) is 42.9.